The molecule has 1 aromatic rings. The summed E-state index contributed by atoms with van der Waals surface area (Å²) in [6, 6.07) is 3.34. The molecule has 1 N–H and O–H groups in total. The highest BCUT2D eigenvalue weighted by Gasteiger charge is 2.26. The summed E-state index contributed by atoms with van der Waals surface area (Å²) in [6.45, 7) is 3.93. The molecule has 1 fully saturated rings. The van der Waals surface area contributed by atoms with E-state index in [4.69, 9.17) is 9.47 Å². The Morgan fingerprint density at radius 3 is 2.72 bits per heavy atom. The van der Waals surface area contributed by atoms with Gasteiger partial charge in [0.1, 0.15) is 23.5 Å². The van der Waals surface area contributed by atoms with E-state index in [1.54, 1.807) is 0 Å². The maximum Gasteiger partial charge on any atom is 0.137 e. The molecule has 2 rings (SSSR count). The summed E-state index contributed by atoms with van der Waals surface area (Å²) >= 11 is 0. The number of rotatable bonds is 4. The van der Waals surface area contributed by atoms with E-state index >= 15 is 0 Å². The third kappa shape index (κ3) is 3.40. The first kappa shape index (κ1) is 13.2. The van der Waals surface area contributed by atoms with Gasteiger partial charge in [-0.15, -0.1) is 0 Å². The van der Waals surface area contributed by atoms with Crippen LogP contribution in [0.1, 0.15) is 13.3 Å². The summed E-state index contributed by atoms with van der Waals surface area (Å²) in [5, 5.41) is 3.29. The van der Waals surface area contributed by atoms with Gasteiger partial charge < -0.3 is 14.8 Å². The second-order valence-corrected chi connectivity index (χ2v) is 4.29. The van der Waals surface area contributed by atoms with Crippen LogP contribution in [0.3, 0.4) is 0 Å². The van der Waals surface area contributed by atoms with E-state index in [2.05, 4.69) is 5.32 Å². The van der Waals surface area contributed by atoms with E-state index in [1.165, 1.54) is 12.1 Å². The van der Waals surface area contributed by atoms with Gasteiger partial charge in [0.2, 0.25) is 0 Å². The molecule has 2 unspecified atom stereocenters. The normalized spacial score (nSPS) is 23.9. The number of ether oxygens (including phenoxy) is 2. The van der Waals surface area contributed by atoms with Gasteiger partial charge in [-0.3, -0.25) is 0 Å². The standard InChI is InChI=1S/C13H17F2NO2/c1-2-16-12-3-4-17-8-13(12)18-11-6-9(14)5-10(15)7-11/h5-7,12-13,16H,2-4,8H2,1H3. The predicted molar refractivity (Wildman–Crippen MR) is 63.7 cm³/mol. The Morgan fingerprint density at radius 2 is 2.06 bits per heavy atom. The monoisotopic (exact) mass is 257 g/mol. The van der Waals surface area contributed by atoms with Gasteiger partial charge in [0.15, 0.2) is 0 Å². The van der Waals surface area contributed by atoms with Gasteiger partial charge in [-0.25, -0.2) is 8.78 Å². The molecular weight excluding hydrogens is 240 g/mol. The number of hydrogen-bond acceptors (Lipinski definition) is 3. The van der Waals surface area contributed by atoms with Crippen molar-refractivity contribution >= 4 is 0 Å². The van der Waals surface area contributed by atoms with Gasteiger partial charge in [-0.05, 0) is 13.0 Å². The Balaban J connectivity index is 2.05. The lowest BCUT2D eigenvalue weighted by Gasteiger charge is -2.32. The Kier molecular flexibility index (Phi) is 4.49. The highest BCUT2D eigenvalue weighted by atomic mass is 19.1. The topological polar surface area (TPSA) is 30.5 Å². The number of halogens is 2. The van der Waals surface area contributed by atoms with Crippen molar-refractivity contribution in [2.24, 2.45) is 0 Å². The summed E-state index contributed by atoms with van der Waals surface area (Å²) < 4.78 is 37.1. The second-order valence-electron chi connectivity index (χ2n) is 4.29. The molecule has 0 bridgehead atoms. The maximum absolute atomic E-state index is 13.1. The second kappa shape index (κ2) is 6.11. The van der Waals surface area contributed by atoms with Crippen LogP contribution in [0.15, 0.2) is 18.2 Å². The van der Waals surface area contributed by atoms with Crippen LogP contribution in [0.25, 0.3) is 0 Å². The first-order valence-corrected chi connectivity index (χ1v) is 6.13. The Morgan fingerprint density at radius 1 is 1.33 bits per heavy atom. The van der Waals surface area contributed by atoms with E-state index < -0.39 is 11.6 Å². The van der Waals surface area contributed by atoms with Crippen LogP contribution >= 0.6 is 0 Å². The van der Waals surface area contributed by atoms with Crippen molar-refractivity contribution in [1.29, 1.82) is 0 Å². The van der Waals surface area contributed by atoms with Crippen molar-refractivity contribution in [3.63, 3.8) is 0 Å². The Labute approximate surface area is 105 Å². The molecule has 0 spiro atoms. The molecule has 18 heavy (non-hydrogen) atoms. The molecule has 0 radical (unpaired) electrons. The van der Waals surface area contributed by atoms with E-state index in [1.807, 2.05) is 6.92 Å². The molecule has 1 aliphatic heterocycles. The van der Waals surface area contributed by atoms with E-state index in [0.717, 1.165) is 19.0 Å². The van der Waals surface area contributed by atoms with Gasteiger partial charge in [-0.2, -0.15) is 0 Å². The molecule has 0 saturated carbocycles. The molecule has 3 nitrogen and oxygen atoms in total. The minimum absolute atomic E-state index is 0.148. The van der Waals surface area contributed by atoms with Crippen molar-refractivity contribution in [3.05, 3.63) is 29.8 Å². The lowest BCUT2D eigenvalue weighted by atomic mass is 10.1. The summed E-state index contributed by atoms with van der Waals surface area (Å²) in [4.78, 5) is 0. The van der Waals surface area contributed by atoms with Crippen LogP contribution in [-0.4, -0.2) is 31.9 Å². The number of hydrogen-bond donors (Lipinski definition) is 1. The predicted octanol–water partition coefficient (Wildman–Crippen LogP) is 2.11. The van der Waals surface area contributed by atoms with Crippen molar-refractivity contribution < 1.29 is 18.3 Å². The average molecular weight is 257 g/mol. The fraction of sp³-hybridized carbons (Fsp3) is 0.538. The zero-order chi connectivity index (χ0) is 13.0. The van der Waals surface area contributed by atoms with Crippen molar-refractivity contribution in [3.8, 4) is 5.75 Å². The Bertz CT molecular complexity index is 378. The average Bonchev–Trinajstić information content (AvgIpc) is 2.30. The molecule has 1 heterocycles. The number of nitrogens with one attached hydrogen (secondary N) is 1. The lowest BCUT2D eigenvalue weighted by molar-refractivity contribution is -0.0145. The van der Waals surface area contributed by atoms with Gasteiger partial charge >= 0.3 is 0 Å². The minimum atomic E-state index is -0.637. The fourth-order valence-corrected chi connectivity index (χ4v) is 2.10. The number of likely N-dealkylation sites (N-methyl/N-ethyl adjacent to an activating group) is 1. The van der Waals surface area contributed by atoms with Crippen LogP contribution in [0, 0.1) is 11.6 Å². The van der Waals surface area contributed by atoms with Crippen molar-refractivity contribution in [2.45, 2.75) is 25.5 Å². The molecule has 0 aliphatic carbocycles. The molecular formula is C13H17F2NO2. The third-order valence-electron chi connectivity index (χ3n) is 2.89. The van der Waals surface area contributed by atoms with Crippen LogP contribution in [0.4, 0.5) is 8.78 Å². The molecule has 5 heteroatoms. The van der Waals surface area contributed by atoms with Gasteiger partial charge in [0.25, 0.3) is 0 Å². The van der Waals surface area contributed by atoms with Gasteiger partial charge in [0, 0.05) is 30.8 Å². The molecule has 2 atom stereocenters. The SMILES string of the molecule is CCNC1CCOCC1Oc1cc(F)cc(F)c1. The quantitative estimate of drug-likeness (QED) is 0.896. The van der Waals surface area contributed by atoms with Gasteiger partial charge in [0.05, 0.1) is 6.61 Å². The van der Waals surface area contributed by atoms with Crippen molar-refractivity contribution in [2.75, 3.05) is 19.8 Å². The molecule has 0 aromatic heterocycles. The first-order chi connectivity index (χ1) is 8.69. The van der Waals surface area contributed by atoms with Crippen LogP contribution < -0.4 is 10.1 Å². The molecule has 0 amide bonds. The summed E-state index contributed by atoms with van der Waals surface area (Å²) in [7, 11) is 0. The first-order valence-electron chi connectivity index (χ1n) is 6.13. The van der Waals surface area contributed by atoms with Crippen molar-refractivity contribution in [1.82, 2.24) is 5.32 Å². The Hall–Kier alpha value is -1.20. The zero-order valence-corrected chi connectivity index (χ0v) is 10.3. The summed E-state index contributed by atoms with van der Waals surface area (Å²) in [5.74, 6) is -1.07. The summed E-state index contributed by atoms with van der Waals surface area (Å²) in [6.07, 6.45) is 0.607. The van der Waals surface area contributed by atoms with Crippen LogP contribution in [0.5, 0.6) is 5.75 Å². The fourth-order valence-electron chi connectivity index (χ4n) is 2.10. The summed E-state index contributed by atoms with van der Waals surface area (Å²) in [5.41, 5.74) is 0. The third-order valence-corrected chi connectivity index (χ3v) is 2.89. The minimum Gasteiger partial charge on any atom is -0.486 e. The van der Waals surface area contributed by atoms with E-state index in [9.17, 15) is 8.78 Å². The van der Waals surface area contributed by atoms with Gasteiger partial charge in [-0.1, -0.05) is 6.92 Å². The highest BCUT2D eigenvalue weighted by Crippen LogP contribution is 2.20. The molecule has 100 valence electrons. The van der Waals surface area contributed by atoms with Crippen LogP contribution in [0.2, 0.25) is 0 Å². The molecule has 1 aromatic carbocycles. The van der Waals surface area contributed by atoms with E-state index in [0.29, 0.717) is 13.2 Å². The number of benzene rings is 1. The maximum atomic E-state index is 13.1. The zero-order valence-electron chi connectivity index (χ0n) is 10.3. The highest BCUT2D eigenvalue weighted by molar-refractivity contribution is 5.24. The van der Waals surface area contributed by atoms with Crippen LogP contribution in [-0.2, 0) is 4.74 Å². The molecule has 1 saturated heterocycles. The van der Waals surface area contributed by atoms with E-state index in [-0.39, 0.29) is 17.9 Å². The largest absolute Gasteiger partial charge is 0.486 e. The molecule has 1 aliphatic rings. The smallest absolute Gasteiger partial charge is 0.137 e. The lowest BCUT2D eigenvalue weighted by Crippen LogP contribution is -2.49.